The van der Waals surface area contributed by atoms with Crippen molar-refractivity contribution >= 4 is 23.3 Å². The van der Waals surface area contributed by atoms with E-state index in [0.717, 1.165) is 0 Å². The second-order valence-electron chi connectivity index (χ2n) is 4.18. The molecule has 2 rings (SSSR count). The Balaban J connectivity index is 2.26. The van der Waals surface area contributed by atoms with Crippen molar-refractivity contribution in [2.24, 2.45) is 0 Å². The Morgan fingerprint density at radius 3 is 2.80 bits per heavy atom. The van der Waals surface area contributed by atoms with E-state index in [1.807, 2.05) is 0 Å². The average Bonchev–Trinajstić information content (AvgIpc) is 2.37. The Morgan fingerprint density at radius 1 is 1.40 bits per heavy atom. The van der Waals surface area contributed by atoms with E-state index in [1.54, 1.807) is 0 Å². The average molecular weight is 285 g/mol. The van der Waals surface area contributed by atoms with Gasteiger partial charge in [0.25, 0.3) is 6.43 Å². The summed E-state index contributed by atoms with van der Waals surface area (Å²) in [5.74, 6) is -0.269. The number of carbonyl (C=O) groups is 2. The number of alkyl halides is 2. The highest BCUT2D eigenvalue weighted by molar-refractivity contribution is 6.06. The lowest BCUT2D eigenvalue weighted by Crippen LogP contribution is -2.49. The van der Waals surface area contributed by atoms with Gasteiger partial charge in [0.1, 0.15) is 12.4 Å². The fourth-order valence-corrected chi connectivity index (χ4v) is 1.81. The first-order valence-corrected chi connectivity index (χ1v) is 5.89. The SMILES string of the molecule is Nc1ccc(OCC(F)F)c(N2CCC(=O)NC2=O)c1. The van der Waals surface area contributed by atoms with Crippen LogP contribution in [0.4, 0.5) is 25.0 Å². The molecule has 8 heteroatoms. The maximum Gasteiger partial charge on any atom is 0.328 e. The van der Waals surface area contributed by atoms with Crippen molar-refractivity contribution < 1.29 is 23.1 Å². The van der Waals surface area contributed by atoms with Crippen molar-refractivity contribution in [2.75, 3.05) is 23.8 Å². The van der Waals surface area contributed by atoms with Crippen LogP contribution >= 0.6 is 0 Å². The number of nitrogens with one attached hydrogen (secondary N) is 1. The largest absolute Gasteiger partial charge is 0.485 e. The zero-order valence-electron chi connectivity index (χ0n) is 10.4. The van der Waals surface area contributed by atoms with Crippen LogP contribution < -0.4 is 20.7 Å². The summed E-state index contributed by atoms with van der Waals surface area (Å²) < 4.78 is 29.4. The molecule has 1 aliphatic rings. The molecule has 1 aliphatic heterocycles. The Hall–Kier alpha value is -2.38. The smallest absolute Gasteiger partial charge is 0.328 e. The number of nitrogens with two attached hydrogens (primary N) is 1. The Kier molecular flexibility index (Phi) is 4.02. The quantitative estimate of drug-likeness (QED) is 0.818. The van der Waals surface area contributed by atoms with Gasteiger partial charge >= 0.3 is 6.03 Å². The second-order valence-corrected chi connectivity index (χ2v) is 4.18. The molecule has 1 fully saturated rings. The van der Waals surface area contributed by atoms with Crippen LogP contribution in [0.2, 0.25) is 0 Å². The van der Waals surface area contributed by atoms with Crippen LogP contribution in [0.1, 0.15) is 6.42 Å². The number of hydrogen-bond acceptors (Lipinski definition) is 4. The molecule has 1 aromatic rings. The summed E-state index contributed by atoms with van der Waals surface area (Å²) in [6.45, 7) is -0.648. The Labute approximate surface area is 113 Å². The predicted molar refractivity (Wildman–Crippen MR) is 67.9 cm³/mol. The molecule has 20 heavy (non-hydrogen) atoms. The van der Waals surface area contributed by atoms with Crippen LogP contribution in [0.15, 0.2) is 18.2 Å². The first-order chi connectivity index (χ1) is 9.47. The lowest BCUT2D eigenvalue weighted by Gasteiger charge is -2.28. The number of nitrogen functional groups attached to an aromatic ring is 1. The van der Waals surface area contributed by atoms with Gasteiger partial charge in [-0.2, -0.15) is 0 Å². The summed E-state index contributed by atoms with van der Waals surface area (Å²) in [6, 6.07) is 3.71. The third-order valence-electron chi connectivity index (χ3n) is 2.69. The fraction of sp³-hybridized carbons (Fsp3) is 0.333. The van der Waals surface area contributed by atoms with Gasteiger partial charge in [-0.1, -0.05) is 0 Å². The van der Waals surface area contributed by atoms with Gasteiger partial charge < -0.3 is 10.5 Å². The molecule has 0 bridgehead atoms. The molecule has 1 aromatic carbocycles. The van der Waals surface area contributed by atoms with E-state index in [1.165, 1.54) is 23.1 Å². The number of halogens is 2. The number of ether oxygens (including phenoxy) is 1. The zero-order valence-corrected chi connectivity index (χ0v) is 10.4. The third kappa shape index (κ3) is 3.14. The molecule has 0 aromatic heterocycles. The van der Waals surface area contributed by atoms with E-state index >= 15 is 0 Å². The van der Waals surface area contributed by atoms with Crippen LogP contribution in [-0.2, 0) is 4.79 Å². The summed E-state index contributed by atoms with van der Waals surface area (Å²) in [5.41, 5.74) is 6.25. The zero-order chi connectivity index (χ0) is 14.7. The third-order valence-corrected chi connectivity index (χ3v) is 2.69. The van der Waals surface area contributed by atoms with Gasteiger partial charge in [-0.25, -0.2) is 13.6 Å². The standard InChI is InChI=1S/C12H13F2N3O3/c13-10(14)6-20-9-2-1-7(15)5-8(9)17-4-3-11(18)16-12(17)19/h1-2,5,10H,3-4,6,15H2,(H,16,18,19). The van der Waals surface area contributed by atoms with E-state index in [0.29, 0.717) is 5.69 Å². The van der Waals surface area contributed by atoms with Gasteiger partial charge in [0.2, 0.25) is 5.91 Å². The number of carbonyl (C=O) groups excluding carboxylic acids is 2. The molecule has 108 valence electrons. The topological polar surface area (TPSA) is 84.7 Å². The molecule has 3 amide bonds. The van der Waals surface area contributed by atoms with E-state index < -0.39 is 19.1 Å². The first-order valence-electron chi connectivity index (χ1n) is 5.89. The van der Waals surface area contributed by atoms with Gasteiger partial charge in [0.15, 0.2) is 0 Å². The highest BCUT2D eigenvalue weighted by atomic mass is 19.3. The number of urea groups is 1. The lowest BCUT2D eigenvalue weighted by molar-refractivity contribution is -0.120. The monoisotopic (exact) mass is 285 g/mol. The number of benzene rings is 1. The second kappa shape index (κ2) is 5.72. The minimum atomic E-state index is -2.63. The van der Waals surface area contributed by atoms with Gasteiger partial charge in [-0.15, -0.1) is 0 Å². The van der Waals surface area contributed by atoms with Crippen LogP contribution in [0, 0.1) is 0 Å². The van der Waals surface area contributed by atoms with Crippen molar-refractivity contribution in [2.45, 2.75) is 12.8 Å². The van der Waals surface area contributed by atoms with Gasteiger partial charge in [0.05, 0.1) is 5.69 Å². The number of hydrogen-bond donors (Lipinski definition) is 2. The van der Waals surface area contributed by atoms with E-state index in [4.69, 9.17) is 10.5 Å². The number of nitrogens with zero attached hydrogens (tertiary/aromatic N) is 1. The van der Waals surface area contributed by atoms with Crippen LogP contribution in [0.3, 0.4) is 0 Å². The van der Waals surface area contributed by atoms with Crippen LogP contribution in [0.25, 0.3) is 0 Å². The van der Waals surface area contributed by atoms with Crippen LogP contribution in [-0.4, -0.2) is 31.5 Å². The molecule has 1 saturated heterocycles. The van der Waals surface area contributed by atoms with Gasteiger partial charge in [0, 0.05) is 18.7 Å². The van der Waals surface area contributed by atoms with E-state index in [-0.39, 0.29) is 30.3 Å². The van der Waals surface area contributed by atoms with Gasteiger partial charge in [-0.3, -0.25) is 15.0 Å². The predicted octanol–water partition coefficient (Wildman–Crippen LogP) is 1.36. The molecule has 1 heterocycles. The summed E-state index contributed by atoms with van der Waals surface area (Å²) in [6.07, 6.45) is -2.51. The molecule has 0 atom stereocenters. The molecule has 0 aliphatic carbocycles. The fourth-order valence-electron chi connectivity index (χ4n) is 1.81. The van der Waals surface area contributed by atoms with Gasteiger partial charge in [-0.05, 0) is 18.2 Å². The Bertz CT molecular complexity index is 537. The number of rotatable bonds is 4. The Morgan fingerprint density at radius 2 is 2.15 bits per heavy atom. The molecular weight excluding hydrogens is 272 g/mol. The molecule has 3 N–H and O–H groups in total. The van der Waals surface area contributed by atoms with Crippen molar-refractivity contribution in [3.05, 3.63) is 18.2 Å². The van der Waals surface area contributed by atoms with E-state index in [2.05, 4.69) is 5.32 Å². The molecule has 0 saturated carbocycles. The molecule has 0 spiro atoms. The molecule has 6 nitrogen and oxygen atoms in total. The molecular formula is C12H13F2N3O3. The summed E-state index contributed by atoms with van der Waals surface area (Å²) in [5, 5.41) is 2.14. The maximum atomic E-state index is 12.2. The lowest BCUT2D eigenvalue weighted by atomic mass is 10.2. The van der Waals surface area contributed by atoms with Crippen molar-refractivity contribution in [1.82, 2.24) is 5.32 Å². The molecule has 0 radical (unpaired) electrons. The minimum Gasteiger partial charge on any atom is -0.485 e. The minimum absolute atomic E-state index is 0.115. The summed E-state index contributed by atoms with van der Waals surface area (Å²) in [7, 11) is 0. The highest BCUT2D eigenvalue weighted by Gasteiger charge is 2.26. The van der Waals surface area contributed by atoms with E-state index in [9.17, 15) is 18.4 Å². The van der Waals surface area contributed by atoms with Crippen molar-refractivity contribution in [3.63, 3.8) is 0 Å². The number of amides is 3. The van der Waals surface area contributed by atoms with Crippen LogP contribution in [0.5, 0.6) is 5.75 Å². The normalized spacial score (nSPS) is 15.4. The summed E-state index contributed by atoms with van der Waals surface area (Å²) in [4.78, 5) is 24.1. The number of imide groups is 1. The number of anilines is 2. The maximum absolute atomic E-state index is 12.2. The molecule has 0 unspecified atom stereocenters. The highest BCUT2D eigenvalue weighted by Crippen LogP contribution is 2.32. The van der Waals surface area contributed by atoms with Crippen molar-refractivity contribution in [3.8, 4) is 5.75 Å². The van der Waals surface area contributed by atoms with Crippen molar-refractivity contribution in [1.29, 1.82) is 0 Å². The first kappa shape index (κ1) is 14.0. The summed E-state index contributed by atoms with van der Waals surface area (Å²) >= 11 is 0.